The number of halogens is 3. The van der Waals surface area contributed by atoms with Crippen LogP contribution in [0.5, 0.6) is 0 Å². The quantitative estimate of drug-likeness (QED) is 0.639. The lowest BCUT2D eigenvalue weighted by Gasteiger charge is -2.30. The van der Waals surface area contributed by atoms with Crippen molar-refractivity contribution < 1.29 is 13.5 Å². The highest BCUT2D eigenvalue weighted by atomic mass is 79.9. The largest absolute Gasteiger partial charge is 0.472 e. The Morgan fingerprint density at radius 3 is 2.68 bits per heavy atom. The highest BCUT2D eigenvalue weighted by molar-refractivity contribution is 9.12. The first-order chi connectivity index (χ1) is 13.3. The van der Waals surface area contributed by atoms with Crippen molar-refractivity contribution in [2.45, 2.75) is 26.2 Å². The molecule has 0 saturated heterocycles. The molecule has 0 amide bonds. The van der Waals surface area contributed by atoms with Crippen LogP contribution in [0.1, 0.15) is 18.1 Å². The fraction of sp³-hybridized carbons (Fsp3) is 0.286. The van der Waals surface area contributed by atoms with Gasteiger partial charge in [-0.1, -0.05) is 12.1 Å². The minimum atomic E-state index is -0.635. The van der Waals surface area contributed by atoms with E-state index in [0.717, 1.165) is 18.3 Å². The van der Waals surface area contributed by atoms with Crippen LogP contribution < -0.4 is 4.90 Å². The molecular weight excluding hydrogens is 428 g/mol. The van der Waals surface area contributed by atoms with Crippen LogP contribution in [0.4, 0.5) is 14.5 Å². The summed E-state index contributed by atoms with van der Waals surface area (Å²) in [4.78, 5) is 8.72. The Labute approximate surface area is 172 Å². The molecule has 0 spiro atoms. The Kier molecular flexibility index (Phi) is 6.46. The highest BCUT2D eigenvalue weighted by Crippen LogP contribution is 2.27. The van der Waals surface area contributed by atoms with Crippen LogP contribution in [0.3, 0.4) is 0 Å². The average molecular weight is 450 g/mol. The minimum Gasteiger partial charge on any atom is -0.472 e. The number of hydrogen-bond acceptors (Lipinski definition) is 4. The van der Waals surface area contributed by atoms with E-state index in [0.29, 0.717) is 10.4 Å². The second-order valence-electron chi connectivity index (χ2n) is 6.88. The molecular formula is C21H22BrF2N3O. The Bertz CT molecular complexity index is 914. The van der Waals surface area contributed by atoms with Crippen LogP contribution in [-0.4, -0.2) is 31.1 Å². The molecule has 1 aliphatic heterocycles. The SMILES string of the molecule is CC1N=C(OCc2ccc(F)cc2F)C(Br)=CN1c1cccc(CN(C)C)c1. The van der Waals surface area contributed by atoms with Gasteiger partial charge in [-0.3, -0.25) is 0 Å². The standard InChI is InChI=1S/C21H22BrF2N3O/c1-14-25-21(28-13-16-7-8-17(23)10-20(16)24)19(22)12-27(14)18-6-4-5-15(9-18)11-26(2)3/h4-10,12,14H,11,13H2,1-3H3. The molecule has 1 heterocycles. The van der Waals surface area contributed by atoms with E-state index < -0.39 is 11.6 Å². The molecule has 2 aromatic carbocycles. The lowest BCUT2D eigenvalue weighted by atomic mass is 10.1. The molecule has 0 N–H and O–H groups in total. The summed E-state index contributed by atoms with van der Waals surface area (Å²) in [7, 11) is 4.06. The summed E-state index contributed by atoms with van der Waals surface area (Å²) in [6.07, 6.45) is 1.71. The van der Waals surface area contributed by atoms with Crippen molar-refractivity contribution in [2.24, 2.45) is 4.99 Å². The number of rotatable bonds is 5. The molecule has 0 bridgehead atoms. The van der Waals surface area contributed by atoms with E-state index in [1.807, 2.05) is 44.3 Å². The number of hydrogen-bond donors (Lipinski definition) is 0. The molecule has 2 aromatic rings. The Hall–Kier alpha value is -2.25. The molecule has 4 nitrogen and oxygen atoms in total. The van der Waals surface area contributed by atoms with Crippen molar-refractivity contribution in [1.82, 2.24) is 4.90 Å². The molecule has 0 saturated carbocycles. The van der Waals surface area contributed by atoms with E-state index in [4.69, 9.17) is 4.74 Å². The van der Waals surface area contributed by atoms with Gasteiger partial charge in [-0.15, -0.1) is 0 Å². The third-order valence-electron chi connectivity index (χ3n) is 4.25. The molecule has 0 aromatic heterocycles. The first-order valence-electron chi connectivity index (χ1n) is 8.87. The monoisotopic (exact) mass is 449 g/mol. The first kappa shape index (κ1) is 20.5. The van der Waals surface area contributed by atoms with Gasteiger partial charge in [0.1, 0.15) is 24.4 Å². The van der Waals surface area contributed by atoms with Crippen LogP contribution in [0.2, 0.25) is 0 Å². The van der Waals surface area contributed by atoms with Crippen LogP contribution in [0.25, 0.3) is 0 Å². The third-order valence-corrected chi connectivity index (χ3v) is 4.79. The van der Waals surface area contributed by atoms with Gasteiger partial charge in [0, 0.05) is 30.1 Å². The summed E-state index contributed by atoms with van der Waals surface area (Å²) < 4.78 is 33.2. The van der Waals surface area contributed by atoms with Crippen molar-refractivity contribution in [3.05, 3.63) is 75.9 Å². The van der Waals surface area contributed by atoms with Crippen LogP contribution in [0, 0.1) is 11.6 Å². The molecule has 0 fully saturated rings. The van der Waals surface area contributed by atoms with E-state index in [1.165, 1.54) is 17.7 Å². The van der Waals surface area contributed by atoms with Crippen molar-refractivity contribution in [2.75, 3.05) is 19.0 Å². The summed E-state index contributed by atoms with van der Waals surface area (Å²) in [6.45, 7) is 2.77. The lowest BCUT2D eigenvalue weighted by molar-refractivity contribution is 0.284. The fourth-order valence-electron chi connectivity index (χ4n) is 2.94. The molecule has 1 atom stereocenters. The predicted octanol–water partition coefficient (Wildman–Crippen LogP) is 5.04. The Morgan fingerprint density at radius 2 is 1.96 bits per heavy atom. The molecule has 1 aliphatic rings. The van der Waals surface area contributed by atoms with Gasteiger partial charge in [0.2, 0.25) is 5.90 Å². The number of aliphatic imine (C=N–C) groups is 1. The highest BCUT2D eigenvalue weighted by Gasteiger charge is 2.22. The van der Waals surface area contributed by atoms with Crippen LogP contribution in [-0.2, 0) is 17.9 Å². The van der Waals surface area contributed by atoms with Gasteiger partial charge in [0.15, 0.2) is 0 Å². The fourth-order valence-corrected chi connectivity index (χ4v) is 3.38. The summed E-state index contributed by atoms with van der Waals surface area (Å²) in [5.41, 5.74) is 2.50. The number of ether oxygens (including phenoxy) is 1. The number of anilines is 1. The number of benzene rings is 2. The van der Waals surface area contributed by atoms with Gasteiger partial charge < -0.3 is 14.5 Å². The molecule has 0 radical (unpaired) electrons. The van der Waals surface area contributed by atoms with Gasteiger partial charge in [-0.05, 0) is 66.8 Å². The first-order valence-corrected chi connectivity index (χ1v) is 9.67. The van der Waals surface area contributed by atoms with Crippen molar-refractivity contribution in [3.63, 3.8) is 0 Å². The lowest BCUT2D eigenvalue weighted by Crippen LogP contribution is -2.32. The normalized spacial score (nSPS) is 16.8. The number of nitrogens with zero attached hydrogens (tertiary/aromatic N) is 3. The zero-order valence-corrected chi connectivity index (χ0v) is 17.6. The minimum absolute atomic E-state index is 0.0288. The van der Waals surface area contributed by atoms with Gasteiger partial charge in [0.05, 0.1) is 4.48 Å². The van der Waals surface area contributed by atoms with Crippen molar-refractivity contribution in [3.8, 4) is 0 Å². The summed E-state index contributed by atoms with van der Waals surface area (Å²) in [5, 5.41) is 0. The molecule has 148 valence electrons. The van der Waals surface area contributed by atoms with Crippen molar-refractivity contribution >= 4 is 27.5 Å². The molecule has 1 unspecified atom stereocenters. The maximum atomic E-state index is 13.8. The van der Waals surface area contributed by atoms with E-state index >= 15 is 0 Å². The third kappa shape index (κ3) is 4.97. The van der Waals surface area contributed by atoms with Gasteiger partial charge in [-0.25, -0.2) is 13.8 Å². The van der Waals surface area contributed by atoms with E-state index in [9.17, 15) is 8.78 Å². The van der Waals surface area contributed by atoms with Crippen LogP contribution in [0.15, 0.2) is 58.1 Å². The van der Waals surface area contributed by atoms with E-state index in [-0.39, 0.29) is 18.3 Å². The zero-order chi connectivity index (χ0) is 20.3. The van der Waals surface area contributed by atoms with Crippen molar-refractivity contribution in [1.29, 1.82) is 0 Å². The Morgan fingerprint density at radius 1 is 1.18 bits per heavy atom. The smallest absolute Gasteiger partial charge is 0.227 e. The zero-order valence-electron chi connectivity index (χ0n) is 16.0. The van der Waals surface area contributed by atoms with E-state index in [1.54, 1.807) is 0 Å². The second kappa shape index (κ2) is 8.84. The van der Waals surface area contributed by atoms with Gasteiger partial charge in [-0.2, -0.15) is 0 Å². The predicted molar refractivity (Wildman–Crippen MR) is 111 cm³/mol. The van der Waals surface area contributed by atoms with E-state index in [2.05, 4.69) is 38.0 Å². The maximum Gasteiger partial charge on any atom is 0.227 e. The Balaban J connectivity index is 1.73. The van der Waals surface area contributed by atoms with Gasteiger partial charge in [0.25, 0.3) is 0 Å². The summed E-state index contributed by atoms with van der Waals surface area (Å²) in [5.74, 6) is -0.862. The molecule has 0 aliphatic carbocycles. The van der Waals surface area contributed by atoms with Crippen LogP contribution >= 0.6 is 15.9 Å². The average Bonchev–Trinajstić information content (AvgIpc) is 2.63. The molecule has 3 rings (SSSR count). The summed E-state index contributed by atoms with van der Waals surface area (Å²) >= 11 is 3.48. The molecule has 7 heteroatoms. The van der Waals surface area contributed by atoms with Gasteiger partial charge >= 0.3 is 0 Å². The summed E-state index contributed by atoms with van der Waals surface area (Å²) in [6, 6.07) is 11.7. The second-order valence-corrected chi connectivity index (χ2v) is 7.74. The topological polar surface area (TPSA) is 28.1 Å². The molecule has 28 heavy (non-hydrogen) atoms. The maximum absolute atomic E-state index is 13.8.